The van der Waals surface area contributed by atoms with Crippen molar-refractivity contribution in [3.63, 3.8) is 0 Å². The minimum absolute atomic E-state index is 0.00443. The van der Waals surface area contributed by atoms with E-state index in [0.29, 0.717) is 26.1 Å². The number of hydrogen-bond donors (Lipinski definition) is 6. The summed E-state index contributed by atoms with van der Waals surface area (Å²) in [6, 6.07) is -1.05. The van der Waals surface area contributed by atoms with Gasteiger partial charge in [-0.1, -0.05) is 125 Å². The van der Waals surface area contributed by atoms with Crippen LogP contribution in [0.1, 0.15) is 197 Å². The number of nitrogens with one attached hydrogen (secondary N) is 6. The van der Waals surface area contributed by atoms with E-state index in [1.807, 2.05) is 111 Å². The summed E-state index contributed by atoms with van der Waals surface area (Å²) in [6.45, 7) is 46.1. The molecule has 0 saturated heterocycles. The van der Waals surface area contributed by atoms with Crippen molar-refractivity contribution in [2.45, 2.75) is 215 Å². The van der Waals surface area contributed by atoms with Gasteiger partial charge in [-0.25, -0.2) is 0 Å². The Morgan fingerprint density at radius 1 is 0.474 bits per heavy atom. The molecular formula is C60H109N7O11. The highest BCUT2D eigenvalue weighted by molar-refractivity contribution is 6.13. The summed E-state index contributed by atoms with van der Waals surface area (Å²) in [4.78, 5) is 105. The lowest BCUT2D eigenvalue weighted by Gasteiger charge is -2.35. The smallest absolute Gasteiger partial charge is 0.253 e. The topological polar surface area (TPSA) is 240 Å². The van der Waals surface area contributed by atoms with E-state index in [9.17, 15) is 38.4 Å². The lowest BCUT2D eigenvalue weighted by molar-refractivity contribution is -0.137. The van der Waals surface area contributed by atoms with Gasteiger partial charge in [0.25, 0.3) is 11.8 Å². The molecule has 18 heteroatoms. The molecule has 0 radical (unpaired) electrons. The molecule has 1 atom stereocenters. The Balaban J connectivity index is 3.00. The maximum atomic E-state index is 14.0. The van der Waals surface area contributed by atoms with E-state index in [4.69, 9.17) is 14.2 Å². The van der Waals surface area contributed by atoms with Crippen molar-refractivity contribution in [2.75, 3.05) is 65.7 Å². The average molecular weight is 1100 g/mol. The highest BCUT2D eigenvalue weighted by Gasteiger charge is 2.36. The molecule has 1 rings (SSSR count). The molecule has 0 aliphatic carbocycles. The van der Waals surface area contributed by atoms with Crippen molar-refractivity contribution in [3.05, 3.63) is 12.2 Å². The zero-order valence-corrected chi connectivity index (χ0v) is 52.7. The van der Waals surface area contributed by atoms with Crippen LogP contribution in [-0.2, 0) is 52.6 Å². The predicted octanol–water partition coefficient (Wildman–Crippen LogP) is 7.56. The van der Waals surface area contributed by atoms with Crippen molar-refractivity contribution in [2.24, 2.45) is 43.3 Å². The van der Waals surface area contributed by atoms with Gasteiger partial charge in [-0.15, -0.1) is 0 Å². The zero-order chi connectivity index (χ0) is 60.6. The van der Waals surface area contributed by atoms with Gasteiger partial charge >= 0.3 is 0 Å². The first-order valence-corrected chi connectivity index (χ1v) is 28.1. The zero-order valence-electron chi connectivity index (χ0n) is 52.7. The first-order valence-electron chi connectivity index (χ1n) is 28.1. The van der Waals surface area contributed by atoms with Gasteiger partial charge in [0.2, 0.25) is 35.4 Å². The van der Waals surface area contributed by atoms with Crippen molar-refractivity contribution < 1.29 is 52.6 Å². The van der Waals surface area contributed by atoms with Crippen LogP contribution < -0.4 is 31.9 Å². The number of amides is 8. The van der Waals surface area contributed by atoms with Crippen LogP contribution in [0.25, 0.3) is 0 Å². The summed E-state index contributed by atoms with van der Waals surface area (Å²) in [5, 5.41) is 17.9. The van der Waals surface area contributed by atoms with Crippen LogP contribution in [0, 0.1) is 43.3 Å². The number of rotatable bonds is 35. The van der Waals surface area contributed by atoms with Crippen molar-refractivity contribution in [1.29, 1.82) is 0 Å². The van der Waals surface area contributed by atoms with Gasteiger partial charge in [0, 0.05) is 97.8 Å². The van der Waals surface area contributed by atoms with Gasteiger partial charge in [-0.2, -0.15) is 0 Å². The lowest BCUT2D eigenvalue weighted by Crippen LogP contribution is -2.51. The van der Waals surface area contributed by atoms with Crippen LogP contribution in [0.2, 0.25) is 0 Å². The molecule has 8 amide bonds. The van der Waals surface area contributed by atoms with E-state index in [1.54, 1.807) is 0 Å². The second kappa shape index (κ2) is 28.8. The van der Waals surface area contributed by atoms with E-state index in [-0.39, 0.29) is 106 Å². The van der Waals surface area contributed by atoms with E-state index in [1.165, 1.54) is 12.2 Å². The van der Waals surface area contributed by atoms with Crippen LogP contribution in [0.15, 0.2) is 12.2 Å². The van der Waals surface area contributed by atoms with Gasteiger partial charge in [-0.05, 0) is 69.6 Å². The summed E-state index contributed by atoms with van der Waals surface area (Å²) < 4.78 is 18.7. The number of hydrogen-bond acceptors (Lipinski definition) is 11. The monoisotopic (exact) mass is 1100 g/mol. The molecule has 0 saturated carbocycles. The fourth-order valence-electron chi connectivity index (χ4n) is 8.35. The Kier molecular flexibility index (Phi) is 26.5. The summed E-state index contributed by atoms with van der Waals surface area (Å²) in [5.41, 5.74) is -4.59. The highest BCUT2D eigenvalue weighted by Crippen LogP contribution is 2.34. The van der Waals surface area contributed by atoms with E-state index < -0.39 is 73.4 Å². The fraction of sp³-hybridized carbons (Fsp3) is 0.833. The standard InChI is InChI=1S/C60H109N7O11/c1-51(2,3)28-29-57(15,16)49(74)64-36-59(19,20)77-40-55(11,12)34-61-43(68)24-23-42(48(73)63-35-56(13,14)41-78-60(21,22)37-65-50(75)58(17,18)32-52(4,5)6)66-45(70)31-53(7,8)38-76-39-54(9,10)33-62-44(69)27-30-67-46(71)25-26-47(67)72/h25-26,42H,23-24,27-41H2,1-22H3,(H,61,68)(H,62,69)(H,63,73)(H,64,74)(H,65,75)(H,66,70)/t42-/m0/s1. The number of carbonyl (C=O) groups is 8. The molecule has 18 nitrogen and oxygen atoms in total. The van der Waals surface area contributed by atoms with Gasteiger partial charge in [-0.3, -0.25) is 43.3 Å². The van der Waals surface area contributed by atoms with E-state index >= 15 is 0 Å². The molecule has 0 fully saturated rings. The summed E-state index contributed by atoms with van der Waals surface area (Å²) >= 11 is 0. The third-order valence-electron chi connectivity index (χ3n) is 13.4. The average Bonchev–Trinajstić information content (AvgIpc) is 3.60. The maximum absolute atomic E-state index is 14.0. The Hall–Kier alpha value is -4.42. The van der Waals surface area contributed by atoms with Crippen LogP contribution >= 0.6 is 0 Å². The van der Waals surface area contributed by atoms with Gasteiger partial charge in [0.15, 0.2) is 0 Å². The largest absolute Gasteiger partial charge is 0.380 e. The molecule has 0 unspecified atom stereocenters. The summed E-state index contributed by atoms with van der Waals surface area (Å²) in [7, 11) is 0. The quantitative estimate of drug-likeness (QED) is 0.0339. The molecule has 450 valence electrons. The van der Waals surface area contributed by atoms with Crippen LogP contribution in [0.5, 0.6) is 0 Å². The molecule has 0 bridgehead atoms. The van der Waals surface area contributed by atoms with Crippen LogP contribution in [0.4, 0.5) is 0 Å². The summed E-state index contributed by atoms with van der Waals surface area (Å²) in [6.07, 6.45) is 4.70. The van der Waals surface area contributed by atoms with Crippen LogP contribution in [0.3, 0.4) is 0 Å². The number of carbonyl (C=O) groups excluding carboxylic acids is 8. The van der Waals surface area contributed by atoms with Crippen molar-refractivity contribution in [3.8, 4) is 0 Å². The summed E-state index contributed by atoms with van der Waals surface area (Å²) in [5.74, 6) is -2.42. The predicted molar refractivity (Wildman–Crippen MR) is 308 cm³/mol. The Labute approximate surface area is 470 Å². The molecule has 0 aromatic carbocycles. The molecule has 6 N–H and O–H groups in total. The molecule has 0 aromatic rings. The van der Waals surface area contributed by atoms with E-state index in [0.717, 1.165) is 17.7 Å². The molecule has 1 heterocycles. The minimum atomic E-state index is -1.05. The molecule has 0 spiro atoms. The van der Waals surface area contributed by atoms with Gasteiger partial charge < -0.3 is 46.1 Å². The number of imide groups is 1. The number of ether oxygens (including phenoxy) is 3. The second-order valence-electron chi connectivity index (χ2n) is 30.2. The van der Waals surface area contributed by atoms with Crippen molar-refractivity contribution in [1.82, 2.24) is 36.8 Å². The first kappa shape index (κ1) is 71.6. The van der Waals surface area contributed by atoms with E-state index in [2.05, 4.69) is 73.4 Å². The SMILES string of the molecule is CC(C)(C)CCC(C)(C)C(=O)NCC(C)(C)OCC(C)(C)CNC(=O)CC[C@H](NC(=O)CC(C)(C)COCC(C)(C)CNC(=O)CCN1C(=O)C=CC1=O)C(=O)NCC(C)(C)COC(C)(C)CNC(=O)C(C)(C)CC(C)(C)C. The van der Waals surface area contributed by atoms with Crippen LogP contribution in [-0.4, -0.2) is 135 Å². The van der Waals surface area contributed by atoms with Gasteiger partial charge in [0.05, 0.1) is 37.6 Å². The maximum Gasteiger partial charge on any atom is 0.253 e. The second-order valence-corrected chi connectivity index (χ2v) is 30.2. The Morgan fingerprint density at radius 2 is 0.897 bits per heavy atom. The molecular weight excluding hydrogens is 995 g/mol. The Bertz CT molecular complexity index is 2060. The van der Waals surface area contributed by atoms with Crippen molar-refractivity contribution >= 4 is 47.3 Å². The lowest BCUT2D eigenvalue weighted by atomic mass is 9.75. The normalized spacial score (nSPS) is 14.8. The third kappa shape index (κ3) is 30.2. The molecule has 0 aromatic heterocycles. The van der Waals surface area contributed by atoms with Gasteiger partial charge in [0.1, 0.15) is 6.04 Å². The first-order chi connectivity index (χ1) is 35.1. The third-order valence-corrected chi connectivity index (χ3v) is 13.4. The molecule has 78 heavy (non-hydrogen) atoms. The molecule has 1 aliphatic rings. The highest BCUT2D eigenvalue weighted by atomic mass is 16.5. The Morgan fingerprint density at radius 3 is 1.36 bits per heavy atom. The minimum Gasteiger partial charge on any atom is -0.380 e. The number of nitrogens with zero attached hydrogens (tertiary/aromatic N) is 1. The molecule has 1 aliphatic heterocycles. The fourth-order valence-corrected chi connectivity index (χ4v) is 8.35.